The highest BCUT2D eigenvalue weighted by molar-refractivity contribution is 9.10. The van der Waals surface area contributed by atoms with Crippen LogP contribution in [-0.2, 0) is 4.74 Å². The molecule has 2 rings (SSSR count). The summed E-state index contributed by atoms with van der Waals surface area (Å²) in [5.41, 5.74) is 3.98. The summed E-state index contributed by atoms with van der Waals surface area (Å²) in [7, 11) is 0. The van der Waals surface area contributed by atoms with E-state index in [2.05, 4.69) is 21.4 Å². The standard InChI is InChI=1S/C12H16BrClN2O/c13-11-4-3-9(14)6-10(11)12(16-15)8-2-1-5-17-7-8/h3-4,6,8,12,16H,1-2,5,7,15H2. The van der Waals surface area contributed by atoms with E-state index in [4.69, 9.17) is 22.2 Å². The maximum absolute atomic E-state index is 6.04. The highest BCUT2D eigenvalue weighted by Gasteiger charge is 2.26. The molecule has 1 aliphatic rings. The first kappa shape index (κ1) is 13.3. The summed E-state index contributed by atoms with van der Waals surface area (Å²) in [4.78, 5) is 0. The molecule has 3 N–H and O–H groups in total. The van der Waals surface area contributed by atoms with Gasteiger partial charge in [-0.3, -0.25) is 11.3 Å². The van der Waals surface area contributed by atoms with Crippen LogP contribution >= 0.6 is 27.5 Å². The third-order valence-electron chi connectivity index (χ3n) is 3.14. The van der Waals surface area contributed by atoms with Gasteiger partial charge in [-0.15, -0.1) is 0 Å². The van der Waals surface area contributed by atoms with Crippen molar-refractivity contribution >= 4 is 27.5 Å². The number of ether oxygens (including phenoxy) is 1. The van der Waals surface area contributed by atoms with E-state index in [1.165, 1.54) is 0 Å². The fraction of sp³-hybridized carbons (Fsp3) is 0.500. The normalized spacial score (nSPS) is 22.4. The van der Waals surface area contributed by atoms with Crippen LogP contribution in [0, 0.1) is 5.92 Å². The lowest BCUT2D eigenvalue weighted by Crippen LogP contribution is -2.37. The van der Waals surface area contributed by atoms with Gasteiger partial charge in [-0.1, -0.05) is 27.5 Å². The van der Waals surface area contributed by atoms with Gasteiger partial charge in [0, 0.05) is 22.0 Å². The number of nitrogens with one attached hydrogen (secondary N) is 1. The largest absolute Gasteiger partial charge is 0.381 e. The van der Waals surface area contributed by atoms with E-state index in [1.54, 1.807) is 0 Å². The molecule has 1 saturated heterocycles. The molecule has 2 atom stereocenters. The Kier molecular flexibility index (Phi) is 4.82. The van der Waals surface area contributed by atoms with Gasteiger partial charge in [0.15, 0.2) is 0 Å². The number of halogens is 2. The molecule has 1 heterocycles. The minimum absolute atomic E-state index is 0.0726. The van der Waals surface area contributed by atoms with Crippen LogP contribution in [0.2, 0.25) is 5.02 Å². The Morgan fingerprint density at radius 2 is 2.35 bits per heavy atom. The predicted octanol–water partition coefficient (Wildman–Crippen LogP) is 3.03. The van der Waals surface area contributed by atoms with Crippen molar-refractivity contribution in [2.45, 2.75) is 18.9 Å². The number of nitrogens with two attached hydrogens (primary N) is 1. The van der Waals surface area contributed by atoms with Gasteiger partial charge in [0.05, 0.1) is 12.6 Å². The highest BCUT2D eigenvalue weighted by Crippen LogP contribution is 2.33. The molecular formula is C12H16BrClN2O. The van der Waals surface area contributed by atoms with Gasteiger partial charge in [-0.2, -0.15) is 0 Å². The summed E-state index contributed by atoms with van der Waals surface area (Å²) in [6.45, 7) is 1.60. The van der Waals surface area contributed by atoms with E-state index >= 15 is 0 Å². The van der Waals surface area contributed by atoms with E-state index < -0.39 is 0 Å². The molecule has 3 nitrogen and oxygen atoms in total. The molecule has 0 radical (unpaired) electrons. The minimum Gasteiger partial charge on any atom is -0.381 e. The predicted molar refractivity (Wildman–Crippen MR) is 72.8 cm³/mol. The molecule has 1 aromatic carbocycles. The monoisotopic (exact) mass is 318 g/mol. The molecule has 0 saturated carbocycles. The first-order valence-electron chi connectivity index (χ1n) is 5.71. The van der Waals surface area contributed by atoms with Crippen LogP contribution in [0.4, 0.5) is 0 Å². The van der Waals surface area contributed by atoms with Crippen LogP contribution in [0.25, 0.3) is 0 Å². The lowest BCUT2D eigenvalue weighted by molar-refractivity contribution is 0.0389. The number of rotatable bonds is 3. The van der Waals surface area contributed by atoms with E-state index in [-0.39, 0.29) is 6.04 Å². The second kappa shape index (κ2) is 6.16. The smallest absolute Gasteiger partial charge is 0.0521 e. The Morgan fingerprint density at radius 3 is 3.00 bits per heavy atom. The van der Waals surface area contributed by atoms with Gasteiger partial charge < -0.3 is 4.74 Å². The van der Waals surface area contributed by atoms with Crippen LogP contribution in [-0.4, -0.2) is 13.2 Å². The van der Waals surface area contributed by atoms with Gasteiger partial charge in [0.25, 0.3) is 0 Å². The van der Waals surface area contributed by atoms with E-state index in [9.17, 15) is 0 Å². The third kappa shape index (κ3) is 3.20. The maximum Gasteiger partial charge on any atom is 0.0521 e. The molecule has 94 valence electrons. The fourth-order valence-electron chi connectivity index (χ4n) is 2.26. The van der Waals surface area contributed by atoms with Gasteiger partial charge in [-0.05, 0) is 36.6 Å². The number of hydrogen-bond donors (Lipinski definition) is 2. The van der Waals surface area contributed by atoms with Crippen LogP contribution in [0.3, 0.4) is 0 Å². The van der Waals surface area contributed by atoms with Crippen molar-refractivity contribution in [3.8, 4) is 0 Å². The van der Waals surface area contributed by atoms with Crippen LogP contribution in [0.15, 0.2) is 22.7 Å². The molecule has 0 amide bonds. The molecular weight excluding hydrogens is 304 g/mol. The molecule has 17 heavy (non-hydrogen) atoms. The molecule has 2 unspecified atom stereocenters. The first-order valence-corrected chi connectivity index (χ1v) is 6.88. The summed E-state index contributed by atoms with van der Waals surface area (Å²) in [5.74, 6) is 6.08. The van der Waals surface area contributed by atoms with Gasteiger partial charge in [0.2, 0.25) is 0 Å². The summed E-state index contributed by atoms with van der Waals surface area (Å²) in [6, 6.07) is 5.83. The molecule has 0 bridgehead atoms. The summed E-state index contributed by atoms with van der Waals surface area (Å²) < 4.78 is 6.54. The number of hydrazine groups is 1. The maximum atomic E-state index is 6.04. The Labute approximate surface area is 115 Å². The molecule has 1 aliphatic heterocycles. The van der Waals surface area contributed by atoms with Gasteiger partial charge in [-0.25, -0.2) is 0 Å². The zero-order valence-corrected chi connectivity index (χ0v) is 11.8. The molecule has 0 aromatic heterocycles. The van der Waals surface area contributed by atoms with Crippen molar-refractivity contribution in [3.63, 3.8) is 0 Å². The Balaban J connectivity index is 2.24. The molecule has 1 aromatic rings. The molecule has 0 aliphatic carbocycles. The second-order valence-electron chi connectivity index (χ2n) is 4.29. The summed E-state index contributed by atoms with van der Waals surface area (Å²) in [5, 5.41) is 0.722. The van der Waals surface area contributed by atoms with Crippen molar-refractivity contribution in [2.75, 3.05) is 13.2 Å². The van der Waals surface area contributed by atoms with Gasteiger partial charge >= 0.3 is 0 Å². The average Bonchev–Trinajstić information content (AvgIpc) is 2.36. The van der Waals surface area contributed by atoms with E-state index in [0.29, 0.717) is 5.92 Å². The highest BCUT2D eigenvalue weighted by atomic mass is 79.9. The Morgan fingerprint density at radius 1 is 1.53 bits per heavy atom. The SMILES string of the molecule is NNC(c1cc(Cl)ccc1Br)C1CCCOC1. The Hall–Kier alpha value is -0.130. The quantitative estimate of drug-likeness (QED) is 0.665. The topological polar surface area (TPSA) is 47.3 Å². The first-order chi connectivity index (χ1) is 8.22. The van der Waals surface area contributed by atoms with Crippen molar-refractivity contribution in [2.24, 2.45) is 11.8 Å². The van der Waals surface area contributed by atoms with Gasteiger partial charge in [0.1, 0.15) is 0 Å². The van der Waals surface area contributed by atoms with E-state index in [1.807, 2.05) is 18.2 Å². The van der Waals surface area contributed by atoms with Crippen LogP contribution in [0.1, 0.15) is 24.4 Å². The summed E-state index contributed by atoms with van der Waals surface area (Å²) >= 11 is 9.58. The van der Waals surface area contributed by atoms with E-state index in [0.717, 1.165) is 41.1 Å². The Bertz CT molecular complexity index is 383. The molecule has 5 heteroatoms. The van der Waals surface area contributed by atoms with Crippen molar-refractivity contribution < 1.29 is 4.74 Å². The molecule has 1 fully saturated rings. The number of benzene rings is 1. The lowest BCUT2D eigenvalue weighted by atomic mass is 9.89. The third-order valence-corrected chi connectivity index (χ3v) is 4.10. The lowest BCUT2D eigenvalue weighted by Gasteiger charge is -2.30. The average molecular weight is 320 g/mol. The zero-order chi connectivity index (χ0) is 12.3. The zero-order valence-electron chi connectivity index (χ0n) is 9.46. The number of hydrogen-bond acceptors (Lipinski definition) is 3. The second-order valence-corrected chi connectivity index (χ2v) is 5.58. The van der Waals surface area contributed by atoms with Crippen LogP contribution in [0.5, 0.6) is 0 Å². The van der Waals surface area contributed by atoms with Crippen molar-refractivity contribution in [3.05, 3.63) is 33.3 Å². The van der Waals surface area contributed by atoms with Crippen molar-refractivity contribution in [1.29, 1.82) is 0 Å². The summed E-state index contributed by atoms with van der Waals surface area (Å²) in [6.07, 6.45) is 2.20. The minimum atomic E-state index is 0.0726. The molecule has 0 spiro atoms. The van der Waals surface area contributed by atoms with Crippen LogP contribution < -0.4 is 11.3 Å². The van der Waals surface area contributed by atoms with Crippen molar-refractivity contribution in [1.82, 2.24) is 5.43 Å². The fourth-order valence-corrected chi connectivity index (χ4v) is 2.94.